The number of hydrogen-bond acceptors (Lipinski definition) is 5. The fourth-order valence-electron chi connectivity index (χ4n) is 2.51. The van der Waals surface area contributed by atoms with Crippen LogP contribution in [0.1, 0.15) is 33.3 Å². The molecule has 0 aliphatic rings. The van der Waals surface area contributed by atoms with E-state index < -0.39 is 0 Å². The summed E-state index contributed by atoms with van der Waals surface area (Å²) in [4.78, 5) is 10.9. The van der Waals surface area contributed by atoms with Crippen LogP contribution in [-0.4, -0.2) is 29.1 Å². The normalized spacial score (nSPS) is 10.7. The Morgan fingerprint density at radius 1 is 1.04 bits per heavy atom. The fourth-order valence-corrected chi connectivity index (χ4v) is 2.51. The highest BCUT2D eigenvalue weighted by Gasteiger charge is 2.06. The Hall–Kier alpha value is -2.30. The number of nitrogens with one attached hydrogen (secondary N) is 2. The van der Waals surface area contributed by atoms with Gasteiger partial charge in [0.25, 0.3) is 0 Å². The van der Waals surface area contributed by atoms with Crippen LogP contribution in [0.3, 0.4) is 0 Å². The minimum absolute atomic E-state index is 0.341. The molecule has 0 atom stereocenters. The second-order valence-corrected chi connectivity index (χ2v) is 5.88. The molecule has 1 aromatic carbocycles. The summed E-state index contributed by atoms with van der Waals surface area (Å²) in [5, 5.41) is 6.67. The smallest absolute Gasteiger partial charge is 0.135 e. The standard InChI is InChI=1S/C18H27N5/c1-6-23(7-2)15-8-9-16(14(5)10-15)22-18-11-17(19-12-20-18)21-13(3)4/h8-13H,6-7H2,1-5H3,(H2,19,20,21,22). The van der Waals surface area contributed by atoms with Crippen LogP contribution in [-0.2, 0) is 0 Å². The molecule has 2 aromatic rings. The molecule has 1 aromatic heterocycles. The second kappa shape index (κ2) is 7.81. The summed E-state index contributed by atoms with van der Waals surface area (Å²) < 4.78 is 0. The number of anilines is 4. The minimum Gasteiger partial charge on any atom is -0.372 e. The van der Waals surface area contributed by atoms with E-state index in [4.69, 9.17) is 0 Å². The third-order valence-electron chi connectivity index (χ3n) is 3.70. The van der Waals surface area contributed by atoms with Gasteiger partial charge in [-0.2, -0.15) is 0 Å². The number of hydrogen-bond donors (Lipinski definition) is 2. The van der Waals surface area contributed by atoms with Crippen LogP contribution in [0.25, 0.3) is 0 Å². The lowest BCUT2D eigenvalue weighted by Crippen LogP contribution is -2.21. The number of rotatable bonds is 7. The van der Waals surface area contributed by atoms with Crippen LogP contribution >= 0.6 is 0 Å². The van der Waals surface area contributed by atoms with E-state index in [0.29, 0.717) is 6.04 Å². The van der Waals surface area contributed by atoms with Crippen molar-refractivity contribution in [2.45, 2.75) is 40.7 Å². The highest BCUT2D eigenvalue weighted by molar-refractivity contribution is 5.66. The molecule has 0 bridgehead atoms. The van der Waals surface area contributed by atoms with E-state index in [0.717, 1.165) is 30.4 Å². The maximum atomic E-state index is 4.30. The number of nitrogens with zero attached hydrogens (tertiary/aromatic N) is 3. The monoisotopic (exact) mass is 313 g/mol. The fraction of sp³-hybridized carbons (Fsp3) is 0.444. The summed E-state index contributed by atoms with van der Waals surface area (Å²) in [6.07, 6.45) is 1.58. The summed E-state index contributed by atoms with van der Waals surface area (Å²) in [6, 6.07) is 8.74. The van der Waals surface area contributed by atoms with Crippen LogP contribution in [0.4, 0.5) is 23.0 Å². The Bertz CT molecular complexity index is 635. The third-order valence-corrected chi connectivity index (χ3v) is 3.70. The number of aromatic nitrogens is 2. The summed E-state index contributed by atoms with van der Waals surface area (Å²) in [5.41, 5.74) is 3.52. The van der Waals surface area contributed by atoms with Gasteiger partial charge in [-0.3, -0.25) is 0 Å². The predicted molar refractivity (Wildman–Crippen MR) is 98.8 cm³/mol. The molecule has 23 heavy (non-hydrogen) atoms. The highest BCUT2D eigenvalue weighted by atomic mass is 15.1. The molecule has 124 valence electrons. The van der Waals surface area contributed by atoms with Gasteiger partial charge in [0, 0.05) is 36.6 Å². The van der Waals surface area contributed by atoms with E-state index in [-0.39, 0.29) is 0 Å². The first-order valence-electron chi connectivity index (χ1n) is 8.24. The van der Waals surface area contributed by atoms with E-state index in [9.17, 15) is 0 Å². The molecule has 0 spiro atoms. The van der Waals surface area contributed by atoms with Crippen molar-refractivity contribution < 1.29 is 0 Å². The lowest BCUT2D eigenvalue weighted by molar-refractivity contribution is 0.866. The van der Waals surface area contributed by atoms with E-state index >= 15 is 0 Å². The van der Waals surface area contributed by atoms with Gasteiger partial charge in [0.2, 0.25) is 0 Å². The van der Waals surface area contributed by atoms with Gasteiger partial charge in [0.05, 0.1) is 0 Å². The SMILES string of the molecule is CCN(CC)c1ccc(Nc2cc(NC(C)C)ncn2)c(C)c1. The van der Waals surface area contributed by atoms with Gasteiger partial charge < -0.3 is 15.5 Å². The van der Waals surface area contributed by atoms with Gasteiger partial charge in [-0.25, -0.2) is 9.97 Å². The van der Waals surface area contributed by atoms with Crippen LogP contribution in [0, 0.1) is 6.92 Å². The van der Waals surface area contributed by atoms with Crippen molar-refractivity contribution in [2.24, 2.45) is 0 Å². The average molecular weight is 313 g/mol. The second-order valence-electron chi connectivity index (χ2n) is 5.88. The first-order chi connectivity index (χ1) is 11.0. The molecule has 1 heterocycles. The zero-order valence-corrected chi connectivity index (χ0v) is 14.7. The molecule has 0 aliphatic heterocycles. The van der Waals surface area contributed by atoms with Crippen molar-refractivity contribution in [3.05, 3.63) is 36.2 Å². The van der Waals surface area contributed by atoms with Crippen molar-refractivity contribution >= 4 is 23.0 Å². The summed E-state index contributed by atoms with van der Waals surface area (Å²) in [6.45, 7) is 12.7. The maximum Gasteiger partial charge on any atom is 0.135 e. The van der Waals surface area contributed by atoms with E-state index in [1.807, 2.05) is 6.07 Å². The van der Waals surface area contributed by atoms with Crippen LogP contribution in [0.5, 0.6) is 0 Å². The van der Waals surface area contributed by atoms with E-state index in [1.165, 1.54) is 11.3 Å². The quantitative estimate of drug-likeness (QED) is 0.802. The Morgan fingerprint density at radius 3 is 2.35 bits per heavy atom. The average Bonchev–Trinajstić information content (AvgIpc) is 2.51. The van der Waals surface area contributed by atoms with Crippen LogP contribution in [0.15, 0.2) is 30.6 Å². The Balaban J connectivity index is 2.17. The highest BCUT2D eigenvalue weighted by Crippen LogP contribution is 2.25. The molecule has 5 heteroatoms. The molecule has 2 rings (SSSR count). The first-order valence-corrected chi connectivity index (χ1v) is 8.24. The van der Waals surface area contributed by atoms with Gasteiger partial charge in [-0.05, 0) is 58.4 Å². The first kappa shape index (κ1) is 17.1. The van der Waals surface area contributed by atoms with Crippen LogP contribution in [0.2, 0.25) is 0 Å². The summed E-state index contributed by atoms with van der Waals surface area (Å²) >= 11 is 0. The van der Waals surface area contributed by atoms with Crippen molar-refractivity contribution in [3.8, 4) is 0 Å². The van der Waals surface area contributed by atoms with Crippen molar-refractivity contribution in [3.63, 3.8) is 0 Å². The topological polar surface area (TPSA) is 53.1 Å². The van der Waals surface area contributed by atoms with Gasteiger partial charge in [-0.1, -0.05) is 0 Å². The lowest BCUT2D eigenvalue weighted by atomic mass is 10.1. The molecule has 0 amide bonds. The van der Waals surface area contributed by atoms with Gasteiger partial charge in [0.15, 0.2) is 0 Å². The molecular weight excluding hydrogens is 286 g/mol. The van der Waals surface area contributed by atoms with E-state index in [2.05, 4.69) is 78.3 Å². The Labute approximate surface area is 139 Å². The largest absolute Gasteiger partial charge is 0.372 e. The van der Waals surface area contributed by atoms with Crippen molar-refractivity contribution in [2.75, 3.05) is 28.6 Å². The maximum absolute atomic E-state index is 4.30. The number of benzene rings is 1. The zero-order valence-electron chi connectivity index (χ0n) is 14.7. The van der Waals surface area contributed by atoms with Gasteiger partial charge in [0.1, 0.15) is 18.0 Å². The predicted octanol–water partition coefficient (Wildman–Crippen LogP) is 4.20. The van der Waals surface area contributed by atoms with Crippen molar-refractivity contribution in [1.29, 1.82) is 0 Å². The van der Waals surface area contributed by atoms with Gasteiger partial charge >= 0.3 is 0 Å². The molecule has 5 nitrogen and oxygen atoms in total. The lowest BCUT2D eigenvalue weighted by Gasteiger charge is -2.22. The Morgan fingerprint density at radius 2 is 1.74 bits per heavy atom. The molecule has 0 unspecified atom stereocenters. The van der Waals surface area contributed by atoms with Crippen LogP contribution < -0.4 is 15.5 Å². The third kappa shape index (κ3) is 4.58. The summed E-state index contributed by atoms with van der Waals surface area (Å²) in [5.74, 6) is 1.62. The van der Waals surface area contributed by atoms with Crippen molar-refractivity contribution in [1.82, 2.24) is 9.97 Å². The molecule has 0 fully saturated rings. The zero-order chi connectivity index (χ0) is 16.8. The summed E-state index contributed by atoms with van der Waals surface area (Å²) in [7, 11) is 0. The molecule has 0 saturated heterocycles. The molecular formula is C18H27N5. The van der Waals surface area contributed by atoms with Gasteiger partial charge in [-0.15, -0.1) is 0 Å². The number of aryl methyl sites for hydroxylation is 1. The molecule has 2 N–H and O–H groups in total. The molecule has 0 radical (unpaired) electrons. The molecule has 0 saturated carbocycles. The molecule has 0 aliphatic carbocycles. The van der Waals surface area contributed by atoms with E-state index in [1.54, 1.807) is 6.33 Å². The Kier molecular flexibility index (Phi) is 5.79. The minimum atomic E-state index is 0.341.